The van der Waals surface area contributed by atoms with Gasteiger partial charge in [0.25, 0.3) is 0 Å². The van der Waals surface area contributed by atoms with Crippen LogP contribution in [0.1, 0.15) is 32.1 Å². The topological polar surface area (TPSA) is 95.9 Å². The van der Waals surface area contributed by atoms with Crippen molar-refractivity contribution >= 4 is 23.3 Å². The van der Waals surface area contributed by atoms with Crippen LogP contribution >= 0.6 is 11.6 Å². The molecule has 30 heavy (non-hydrogen) atoms. The minimum Gasteiger partial charge on any atom is -0.491 e. The Hall–Kier alpha value is -2.15. The zero-order valence-corrected chi connectivity index (χ0v) is 17.9. The van der Waals surface area contributed by atoms with Gasteiger partial charge in [0.05, 0.1) is 6.10 Å². The summed E-state index contributed by atoms with van der Waals surface area (Å²) >= 11 is 5.90. The summed E-state index contributed by atoms with van der Waals surface area (Å²) in [5, 5.41) is 23.5. The Morgan fingerprint density at radius 2 is 2.20 bits per heavy atom. The number of hydrogen-bond acceptors (Lipinski definition) is 5. The fourth-order valence-electron chi connectivity index (χ4n) is 3.44. The smallest absolute Gasteiger partial charge is 0.219 e. The first-order chi connectivity index (χ1) is 14.4. The molecule has 1 aliphatic rings. The summed E-state index contributed by atoms with van der Waals surface area (Å²) < 4.78 is 5.51. The van der Waals surface area contributed by atoms with Gasteiger partial charge in [-0.3, -0.25) is 9.59 Å². The van der Waals surface area contributed by atoms with Crippen molar-refractivity contribution in [1.29, 1.82) is 0 Å². The number of carbonyl (C=O) groups excluding carboxylic acids is 2. The lowest BCUT2D eigenvalue weighted by molar-refractivity contribution is -0.121. The van der Waals surface area contributed by atoms with Gasteiger partial charge in [-0.25, -0.2) is 0 Å². The minimum absolute atomic E-state index is 0.0144. The van der Waals surface area contributed by atoms with Gasteiger partial charge in [0, 0.05) is 36.7 Å². The summed E-state index contributed by atoms with van der Waals surface area (Å²) in [5.41, 5.74) is 0. The second-order valence-corrected chi connectivity index (χ2v) is 7.85. The number of amides is 1. The number of aliphatic hydroxyl groups excluding tert-OH is 2. The molecule has 0 heterocycles. The zero-order valence-electron chi connectivity index (χ0n) is 17.2. The Morgan fingerprint density at radius 1 is 1.40 bits per heavy atom. The van der Waals surface area contributed by atoms with E-state index < -0.39 is 12.2 Å². The average Bonchev–Trinajstić information content (AvgIpc) is 2.99. The van der Waals surface area contributed by atoms with Crippen LogP contribution in [0.25, 0.3) is 0 Å². The first-order valence-corrected chi connectivity index (χ1v) is 10.6. The van der Waals surface area contributed by atoms with Crippen LogP contribution in [0.4, 0.5) is 0 Å². The van der Waals surface area contributed by atoms with Crippen molar-refractivity contribution in [3.8, 4) is 5.75 Å². The first kappa shape index (κ1) is 24.1. The molecule has 1 aromatic rings. The molecule has 0 spiro atoms. The summed E-state index contributed by atoms with van der Waals surface area (Å²) in [6.45, 7) is 0.0451. The predicted octanol–water partition coefficient (Wildman–Crippen LogP) is 3.06. The average molecular weight is 436 g/mol. The third-order valence-electron chi connectivity index (χ3n) is 5.12. The molecule has 1 amide bonds. The van der Waals surface area contributed by atoms with Crippen LogP contribution in [0.5, 0.6) is 5.75 Å². The number of aliphatic hydroxyl groups is 2. The largest absolute Gasteiger partial charge is 0.491 e. The van der Waals surface area contributed by atoms with Gasteiger partial charge >= 0.3 is 0 Å². The number of unbranched alkanes of at least 4 members (excludes halogenated alkanes) is 1. The lowest BCUT2D eigenvalue weighted by Crippen LogP contribution is -2.20. The van der Waals surface area contributed by atoms with E-state index in [1.165, 1.54) is 0 Å². The molecule has 164 valence electrons. The highest BCUT2D eigenvalue weighted by Gasteiger charge is 2.39. The van der Waals surface area contributed by atoms with E-state index in [1.54, 1.807) is 43.5 Å². The van der Waals surface area contributed by atoms with Crippen molar-refractivity contribution in [2.24, 2.45) is 11.8 Å². The third kappa shape index (κ3) is 7.94. The number of rotatable bonds is 11. The molecule has 2 rings (SSSR count). The van der Waals surface area contributed by atoms with Crippen LogP contribution in [-0.4, -0.2) is 47.8 Å². The summed E-state index contributed by atoms with van der Waals surface area (Å²) in [5.74, 6) is -0.0517. The number of benzene rings is 1. The molecule has 4 atom stereocenters. The predicted molar refractivity (Wildman–Crippen MR) is 116 cm³/mol. The van der Waals surface area contributed by atoms with Crippen molar-refractivity contribution in [1.82, 2.24) is 5.32 Å². The molecule has 0 saturated heterocycles. The third-order valence-corrected chi connectivity index (χ3v) is 5.35. The van der Waals surface area contributed by atoms with Gasteiger partial charge in [0.15, 0.2) is 0 Å². The molecular weight excluding hydrogens is 406 g/mol. The molecule has 6 nitrogen and oxygen atoms in total. The Balaban J connectivity index is 1.82. The maximum Gasteiger partial charge on any atom is 0.219 e. The van der Waals surface area contributed by atoms with Crippen molar-refractivity contribution in [2.75, 3.05) is 13.7 Å². The maximum absolute atomic E-state index is 12.3. The molecule has 0 aliphatic heterocycles. The van der Waals surface area contributed by atoms with E-state index in [0.29, 0.717) is 23.6 Å². The number of ketones is 1. The number of allylic oxidation sites excluding steroid dienone is 2. The Labute approximate surface area is 182 Å². The molecule has 0 radical (unpaired) electrons. The van der Waals surface area contributed by atoms with Gasteiger partial charge in [-0.2, -0.15) is 0 Å². The van der Waals surface area contributed by atoms with Crippen molar-refractivity contribution in [3.05, 3.63) is 53.6 Å². The van der Waals surface area contributed by atoms with Gasteiger partial charge in [0.1, 0.15) is 24.2 Å². The van der Waals surface area contributed by atoms with E-state index in [0.717, 1.165) is 12.8 Å². The summed E-state index contributed by atoms with van der Waals surface area (Å²) in [4.78, 5) is 23.4. The molecule has 1 unspecified atom stereocenters. The second kappa shape index (κ2) is 12.5. The molecule has 1 fully saturated rings. The zero-order chi connectivity index (χ0) is 21.9. The SMILES string of the molecule is CNC(=O)CCCC=CC[C@H]1C(=O)C[C@@H](O)[C@@H]1C=CC(O)COc1cccc(Cl)c1. The van der Waals surface area contributed by atoms with E-state index in [1.807, 2.05) is 12.2 Å². The van der Waals surface area contributed by atoms with Crippen molar-refractivity contribution in [2.45, 2.75) is 44.3 Å². The highest BCUT2D eigenvalue weighted by molar-refractivity contribution is 6.30. The van der Waals surface area contributed by atoms with E-state index >= 15 is 0 Å². The molecule has 0 aromatic heterocycles. The van der Waals surface area contributed by atoms with Crippen LogP contribution in [0.2, 0.25) is 5.02 Å². The molecule has 1 aliphatic carbocycles. The number of ether oxygens (including phenoxy) is 1. The van der Waals surface area contributed by atoms with Gasteiger partial charge < -0.3 is 20.3 Å². The van der Waals surface area contributed by atoms with E-state index in [4.69, 9.17) is 16.3 Å². The fourth-order valence-corrected chi connectivity index (χ4v) is 3.62. The maximum atomic E-state index is 12.3. The van der Waals surface area contributed by atoms with Crippen LogP contribution < -0.4 is 10.1 Å². The normalized spacial score (nSPS) is 22.7. The van der Waals surface area contributed by atoms with Gasteiger partial charge in [0.2, 0.25) is 5.91 Å². The Bertz CT molecular complexity index is 764. The first-order valence-electron chi connectivity index (χ1n) is 10.2. The Kier molecular flexibility index (Phi) is 10.1. The quantitative estimate of drug-likeness (QED) is 0.366. The van der Waals surface area contributed by atoms with Crippen molar-refractivity contribution in [3.63, 3.8) is 0 Å². The van der Waals surface area contributed by atoms with Crippen LogP contribution in [0.3, 0.4) is 0 Å². The van der Waals surface area contributed by atoms with Crippen molar-refractivity contribution < 1.29 is 24.5 Å². The van der Waals surface area contributed by atoms with E-state index in [2.05, 4.69) is 5.32 Å². The monoisotopic (exact) mass is 435 g/mol. The van der Waals surface area contributed by atoms with E-state index in [9.17, 15) is 19.8 Å². The fraction of sp³-hybridized carbons (Fsp3) is 0.478. The molecule has 1 aromatic carbocycles. The minimum atomic E-state index is -0.868. The highest BCUT2D eigenvalue weighted by atomic mass is 35.5. The van der Waals surface area contributed by atoms with Crippen LogP contribution in [0.15, 0.2) is 48.6 Å². The van der Waals surface area contributed by atoms with Gasteiger partial charge in [-0.15, -0.1) is 0 Å². The summed E-state index contributed by atoms with van der Waals surface area (Å²) in [6, 6.07) is 6.91. The molecule has 7 heteroatoms. The van der Waals surface area contributed by atoms with Crippen LogP contribution in [-0.2, 0) is 9.59 Å². The van der Waals surface area contributed by atoms with Gasteiger partial charge in [-0.05, 0) is 37.5 Å². The number of nitrogens with one attached hydrogen (secondary N) is 1. The Morgan fingerprint density at radius 3 is 2.93 bits per heavy atom. The van der Waals surface area contributed by atoms with E-state index in [-0.39, 0.29) is 36.6 Å². The molecule has 0 bridgehead atoms. The standard InChI is InChI=1S/C23H30ClNO5/c1-25-23(29)10-5-3-2-4-9-19-20(22(28)14-21(19)27)12-11-17(26)15-30-18-8-6-7-16(24)13-18/h2,4,6-8,11-13,17,19-20,22,26,28H,3,5,9-10,14-15H2,1H3,(H,25,29)/t17?,19-,20-,22-/m1/s1. The lowest BCUT2D eigenvalue weighted by Gasteiger charge is -2.17. The number of carbonyl (C=O) groups is 2. The summed E-state index contributed by atoms with van der Waals surface area (Å²) in [6.07, 6.45) is 8.20. The van der Waals surface area contributed by atoms with Crippen LogP contribution in [0, 0.1) is 11.8 Å². The number of hydrogen-bond donors (Lipinski definition) is 3. The molecular formula is C23H30ClNO5. The second-order valence-electron chi connectivity index (χ2n) is 7.41. The summed E-state index contributed by atoms with van der Waals surface area (Å²) in [7, 11) is 1.61. The number of Topliss-reactive ketones (excluding diaryl/α,β-unsaturated/α-hetero) is 1. The molecule has 3 N–H and O–H groups in total. The number of halogens is 1. The lowest BCUT2D eigenvalue weighted by atomic mass is 9.90. The van der Waals surface area contributed by atoms with Gasteiger partial charge in [-0.1, -0.05) is 42.0 Å². The molecule has 1 saturated carbocycles. The highest BCUT2D eigenvalue weighted by Crippen LogP contribution is 2.33.